The van der Waals surface area contributed by atoms with Gasteiger partial charge < -0.3 is 19.7 Å². The quantitative estimate of drug-likeness (QED) is 0.378. The third-order valence-electron chi connectivity index (χ3n) is 6.09. The van der Waals surface area contributed by atoms with Crippen molar-refractivity contribution in [1.29, 1.82) is 0 Å². The Morgan fingerprint density at radius 2 is 1.55 bits per heavy atom. The first-order chi connectivity index (χ1) is 18.2. The lowest BCUT2D eigenvalue weighted by molar-refractivity contribution is -0.140. The summed E-state index contributed by atoms with van der Waals surface area (Å²) >= 11 is 0. The molecule has 1 atom stereocenters. The van der Waals surface area contributed by atoms with Crippen molar-refractivity contribution in [3.8, 4) is 11.5 Å². The van der Waals surface area contributed by atoms with Crippen LogP contribution in [0.3, 0.4) is 0 Å². The Kier molecular flexibility index (Phi) is 9.72. The van der Waals surface area contributed by atoms with Crippen molar-refractivity contribution in [2.45, 2.75) is 30.8 Å². The molecule has 3 aromatic carbocycles. The van der Waals surface area contributed by atoms with E-state index in [0.29, 0.717) is 23.6 Å². The van der Waals surface area contributed by atoms with Crippen molar-refractivity contribution >= 4 is 27.5 Å². The maximum atomic E-state index is 13.9. The highest BCUT2D eigenvalue weighted by atomic mass is 32.2. The van der Waals surface area contributed by atoms with Crippen LogP contribution in [-0.2, 0) is 26.2 Å². The van der Waals surface area contributed by atoms with Crippen LogP contribution < -0.4 is 19.1 Å². The first-order valence-corrected chi connectivity index (χ1v) is 13.5. The second-order valence-electron chi connectivity index (χ2n) is 8.43. The van der Waals surface area contributed by atoms with Crippen molar-refractivity contribution in [3.63, 3.8) is 0 Å². The van der Waals surface area contributed by atoms with E-state index in [4.69, 9.17) is 9.47 Å². The number of carbonyl (C=O) groups is 2. The third kappa shape index (κ3) is 6.63. The van der Waals surface area contributed by atoms with Gasteiger partial charge in [-0.1, -0.05) is 37.3 Å². The normalized spacial score (nSPS) is 11.8. The summed E-state index contributed by atoms with van der Waals surface area (Å²) in [6.07, 6.45) is 0.339. The van der Waals surface area contributed by atoms with Crippen LogP contribution in [0, 0.1) is 0 Å². The van der Waals surface area contributed by atoms with Gasteiger partial charge in [-0.15, -0.1) is 0 Å². The molecule has 0 aliphatic carbocycles. The summed E-state index contributed by atoms with van der Waals surface area (Å²) < 4.78 is 39.1. The zero-order valence-corrected chi connectivity index (χ0v) is 22.8. The number of para-hydroxylation sites is 1. The van der Waals surface area contributed by atoms with Crippen LogP contribution in [0.25, 0.3) is 0 Å². The molecular formula is C28H33N3O6S. The third-order valence-corrected chi connectivity index (χ3v) is 7.88. The predicted octanol–water partition coefficient (Wildman–Crippen LogP) is 3.45. The van der Waals surface area contributed by atoms with Crippen LogP contribution >= 0.6 is 0 Å². The number of rotatable bonds is 12. The molecule has 202 valence electrons. The van der Waals surface area contributed by atoms with Crippen LogP contribution in [0.2, 0.25) is 0 Å². The fraction of sp³-hybridized carbons (Fsp3) is 0.286. The highest BCUT2D eigenvalue weighted by Crippen LogP contribution is 2.26. The number of methoxy groups -OCH3 is 2. The molecule has 0 aliphatic rings. The molecule has 0 aromatic heterocycles. The van der Waals surface area contributed by atoms with E-state index in [0.717, 1.165) is 9.87 Å². The summed E-state index contributed by atoms with van der Waals surface area (Å²) in [6, 6.07) is 20.7. The van der Waals surface area contributed by atoms with Crippen molar-refractivity contribution < 1.29 is 27.5 Å². The molecule has 1 N–H and O–H groups in total. The van der Waals surface area contributed by atoms with Gasteiger partial charge in [-0.3, -0.25) is 13.9 Å². The molecule has 0 saturated heterocycles. The first kappa shape index (κ1) is 28.5. The van der Waals surface area contributed by atoms with Gasteiger partial charge in [0.2, 0.25) is 11.8 Å². The Morgan fingerprint density at radius 1 is 0.895 bits per heavy atom. The number of hydrogen-bond acceptors (Lipinski definition) is 6. The average Bonchev–Trinajstić information content (AvgIpc) is 2.95. The summed E-state index contributed by atoms with van der Waals surface area (Å²) in [5, 5.41) is 2.61. The van der Waals surface area contributed by atoms with Gasteiger partial charge in [0.15, 0.2) is 0 Å². The van der Waals surface area contributed by atoms with E-state index in [2.05, 4.69) is 5.32 Å². The Labute approximate surface area is 224 Å². The molecule has 0 unspecified atom stereocenters. The molecule has 0 spiro atoms. The van der Waals surface area contributed by atoms with Gasteiger partial charge in [0, 0.05) is 13.6 Å². The second kappa shape index (κ2) is 13.0. The van der Waals surface area contributed by atoms with E-state index in [1.165, 1.54) is 31.2 Å². The number of carbonyl (C=O) groups excluding carboxylic acids is 2. The molecule has 3 aromatic rings. The number of nitrogens with one attached hydrogen (secondary N) is 1. The molecular weight excluding hydrogens is 506 g/mol. The van der Waals surface area contributed by atoms with E-state index in [9.17, 15) is 18.0 Å². The van der Waals surface area contributed by atoms with Crippen LogP contribution in [-0.4, -0.2) is 59.0 Å². The minimum Gasteiger partial charge on any atom is -0.497 e. The molecule has 0 fully saturated rings. The Bertz CT molecular complexity index is 1330. The van der Waals surface area contributed by atoms with Gasteiger partial charge >= 0.3 is 0 Å². The maximum absolute atomic E-state index is 13.9. The number of ether oxygens (including phenoxy) is 2. The molecule has 9 nitrogen and oxygen atoms in total. The van der Waals surface area contributed by atoms with Crippen LogP contribution in [0.15, 0.2) is 83.8 Å². The summed E-state index contributed by atoms with van der Waals surface area (Å²) in [5.74, 6) is 0.250. The van der Waals surface area contributed by atoms with Gasteiger partial charge in [-0.05, 0) is 60.5 Å². The van der Waals surface area contributed by atoms with Crippen LogP contribution in [0.5, 0.6) is 11.5 Å². The van der Waals surface area contributed by atoms with Crippen molar-refractivity contribution in [2.75, 3.05) is 32.1 Å². The van der Waals surface area contributed by atoms with E-state index in [1.54, 1.807) is 74.7 Å². The Morgan fingerprint density at radius 3 is 2.13 bits per heavy atom. The Balaban J connectivity index is 2.03. The molecule has 0 bridgehead atoms. The number of amides is 2. The van der Waals surface area contributed by atoms with Gasteiger partial charge in [0.1, 0.15) is 24.1 Å². The maximum Gasteiger partial charge on any atom is 0.264 e. The lowest BCUT2D eigenvalue weighted by Crippen LogP contribution is -2.51. The number of likely N-dealkylation sites (N-methyl/N-ethyl adjacent to an activating group) is 1. The summed E-state index contributed by atoms with van der Waals surface area (Å²) in [5.41, 5.74) is 1.07. The zero-order chi connectivity index (χ0) is 27.7. The highest BCUT2D eigenvalue weighted by Gasteiger charge is 2.33. The second-order valence-corrected chi connectivity index (χ2v) is 10.3. The molecule has 0 saturated carbocycles. The molecule has 0 aliphatic heterocycles. The molecule has 0 heterocycles. The molecule has 10 heteroatoms. The minimum absolute atomic E-state index is 0.00708. The molecule has 2 amide bonds. The minimum atomic E-state index is -4.14. The van der Waals surface area contributed by atoms with Crippen LogP contribution in [0.1, 0.15) is 18.9 Å². The van der Waals surface area contributed by atoms with Gasteiger partial charge in [-0.25, -0.2) is 8.42 Å². The number of benzene rings is 3. The monoisotopic (exact) mass is 539 g/mol. The predicted molar refractivity (Wildman–Crippen MR) is 146 cm³/mol. The van der Waals surface area contributed by atoms with Gasteiger partial charge in [-0.2, -0.15) is 0 Å². The smallest absolute Gasteiger partial charge is 0.264 e. The van der Waals surface area contributed by atoms with Gasteiger partial charge in [0.05, 0.1) is 24.8 Å². The van der Waals surface area contributed by atoms with Crippen molar-refractivity contribution in [2.24, 2.45) is 0 Å². The largest absolute Gasteiger partial charge is 0.497 e. The van der Waals surface area contributed by atoms with Crippen LogP contribution in [0.4, 0.5) is 5.69 Å². The number of sulfonamides is 1. The van der Waals surface area contributed by atoms with E-state index in [-0.39, 0.29) is 17.3 Å². The fourth-order valence-electron chi connectivity index (χ4n) is 4.05. The molecule has 38 heavy (non-hydrogen) atoms. The lowest BCUT2D eigenvalue weighted by Gasteiger charge is -2.33. The number of hydrogen-bond donors (Lipinski definition) is 1. The van der Waals surface area contributed by atoms with E-state index < -0.39 is 28.5 Å². The standard InChI is InChI=1S/C28H33N3O6S/c1-5-26(28(33)29-2)30(19-21-10-9-13-24(18-21)37-4)27(32)20-31(22-11-7-6-8-12-22)38(34,35)25-16-14-23(36-3)15-17-25/h6-18,26H,5,19-20H2,1-4H3,(H,29,33)/t26-/m1/s1. The number of nitrogens with zero attached hydrogens (tertiary/aromatic N) is 2. The lowest BCUT2D eigenvalue weighted by atomic mass is 10.1. The van der Waals surface area contributed by atoms with E-state index >= 15 is 0 Å². The van der Waals surface area contributed by atoms with Crippen molar-refractivity contribution in [1.82, 2.24) is 10.2 Å². The highest BCUT2D eigenvalue weighted by molar-refractivity contribution is 7.92. The molecule has 0 radical (unpaired) electrons. The first-order valence-electron chi connectivity index (χ1n) is 12.1. The topological polar surface area (TPSA) is 105 Å². The Hall–Kier alpha value is -4.05. The average molecular weight is 540 g/mol. The SMILES string of the molecule is CC[C@H](C(=O)NC)N(Cc1cccc(OC)c1)C(=O)CN(c1ccccc1)S(=O)(=O)c1ccc(OC)cc1. The van der Waals surface area contributed by atoms with Gasteiger partial charge in [0.25, 0.3) is 10.0 Å². The number of anilines is 1. The van der Waals surface area contributed by atoms with Crippen molar-refractivity contribution in [3.05, 3.63) is 84.4 Å². The zero-order valence-electron chi connectivity index (χ0n) is 22.0. The molecule has 3 rings (SSSR count). The van der Waals surface area contributed by atoms with E-state index in [1.807, 2.05) is 6.07 Å². The summed E-state index contributed by atoms with van der Waals surface area (Å²) in [6.45, 7) is 1.39. The fourth-order valence-corrected chi connectivity index (χ4v) is 5.47. The summed E-state index contributed by atoms with van der Waals surface area (Å²) in [7, 11) is 0.401. The summed E-state index contributed by atoms with van der Waals surface area (Å²) in [4.78, 5) is 28.1.